The molecule has 0 bridgehead atoms. The van der Waals surface area contributed by atoms with Crippen molar-refractivity contribution in [3.05, 3.63) is 48.7 Å². The van der Waals surface area contributed by atoms with Gasteiger partial charge in [-0.3, -0.25) is 4.57 Å². The van der Waals surface area contributed by atoms with Gasteiger partial charge in [0.15, 0.2) is 5.65 Å². The van der Waals surface area contributed by atoms with Crippen molar-refractivity contribution in [2.75, 3.05) is 5.73 Å². The number of hydrogen-bond acceptors (Lipinski definition) is 3. The SMILES string of the molecule is Nc1nc2cccnc2n1-c1ccccc1. The lowest BCUT2D eigenvalue weighted by Crippen LogP contribution is -2.00. The summed E-state index contributed by atoms with van der Waals surface area (Å²) in [4.78, 5) is 8.57. The van der Waals surface area contributed by atoms with Crippen LogP contribution in [0.2, 0.25) is 0 Å². The van der Waals surface area contributed by atoms with Crippen molar-refractivity contribution in [2.45, 2.75) is 0 Å². The fourth-order valence-electron chi connectivity index (χ4n) is 1.76. The normalized spacial score (nSPS) is 10.8. The number of pyridine rings is 1. The van der Waals surface area contributed by atoms with Crippen LogP contribution in [-0.4, -0.2) is 14.5 Å². The monoisotopic (exact) mass is 210 g/mol. The summed E-state index contributed by atoms with van der Waals surface area (Å²) in [5, 5.41) is 0. The van der Waals surface area contributed by atoms with Crippen molar-refractivity contribution in [3.63, 3.8) is 0 Å². The van der Waals surface area contributed by atoms with Gasteiger partial charge in [-0.25, -0.2) is 9.97 Å². The first-order valence-corrected chi connectivity index (χ1v) is 5.00. The number of nitrogens with zero attached hydrogens (tertiary/aromatic N) is 3. The molecule has 16 heavy (non-hydrogen) atoms. The summed E-state index contributed by atoms with van der Waals surface area (Å²) >= 11 is 0. The van der Waals surface area contributed by atoms with Crippen LogP contribution < -0.4 is 5.73 Å². The van der Waals surface area contributed by atoms with Crippen LogP contribution >= 0.6 is 0 Å². The van der Waals surface area contributed by atoms with E-state index in [-0.39, 0.29) is 0 Å². The summed E-state index contributed by atoms with van der Waals surface area (Å²) in [6.45, 7) is 0. The van der Waals surface area contributed by atoms with Gasteiger partial charge in [-0.15, -0.1) is 0 Å². The van der Waals surface area contributed by atoms with Gasteiger partial charge in [-0.2, -0.15) is 0 Å². The Morgan fingerprint density at radius 2 is 1.81 bits per heavy atom. The predicted octanol–water partition coefficient (Wildman–Crippen LogP) is 2.00. The first-order valence-electron chi connectivity index (χ1n) is 5.00. The summed E-state index contributed by atoms with van der Waals surface area (Å²) in [6, 6.07) is 13.6. The van der Waals surface area contributed by atoms with E-state index in [0.29, 0.717) is 5.95 Å². The maximum absolute atomic E-state index is 5.90. The number of imidazole rings is 1. The van der Waals surface area contributed by atoms with E-state index in [1.165, 1.54) is 0 Å². The van der Waals surface area contributed by atoms with E-state index < -0.39 is 0 Å². The standard InChI is InChI=1S/C12H10N4/c13-12-15-10-7-4-8-14-11(10)16(12)9-5-2-1-3-6-9/h1-8H,(H2,13,15). The van der Waals surface area contributed by atoms with Crippen LogP contribution in [-0.2, 0) is 0 Å². The first-order chi connectivity index (χ1) is 7.86. The van der Waals surface area contributed by atoms with Crippen LogP contribution in [0.3, 0.4) is 0 Å². The number of aromatic nitrogens is 3. The van der Waals surface area contributed by atoms with Crippen LogP contribution in [0.5, 0.6) is 0 Å². The second-order valence-corrected chi connectivity index (χ2v) is 3.49. The molecule has 0 saturated heterocycles. The number of nitrogen functional groups attached to an aromatic ring is 1. The number of anilines is 1. The molecule has 0 unspecified atom stereocenters. The molecule has 2 heterocycles. The van der Waals surface area contributed by atoms with Crippen molar-refractivity contribution >= 4 is 17.1 Å². The average Bonchev–Trinajstić information content (AvgIpc) is 2.66. The number of benzene rings is 1. The lowest BCUT2D eigenvalue weighted by atomic mass is 10.3. The highest BCUT2D eigenvalue weighted by atomic mass is 15.2. The van der Waals surface area contributed by atoms with Crippen molar-refractivity contribution in [1.82, 2.24) is 14.5 Å². The van der Waals surface area contributed by atoms with Crippen LogP contribution in [0.4, 0.5) is 5.95 Å². The van der Waals surface area contributed by atoms with Gasteiger partial charge in [-0.05, 0) is 24.3 Å². The predicted molar refractivity (Wildman–Crippen MR) is 63.3 cm³/mol. The minimum absolute atomic E-state index is 0.458. The molecule has 0 amide bonds. The van der Waals surface area contributed by atoms with Crippen molar-refractivity contribution in [3.8, 4) is 5.69 Å². The summed E-state index contributed by atoms with van der Waals surface area (Å²) in [5.74, 6) is 0.458. The Bertz CT molecular complexity index is 628. The fourth-order valence-corrected chi connectivity index (χ4v) is 1.76. The topological polar surface area (TPSA) is 56.7 Å². The van der Waals surface area contributed by atoms with Gasteiger partial charge in [-0.1, -0.05) is 18.2 Å². The zero-order chi connectivity index (χ0) is 11.0. The lowest BCUT2D eigenvalue weighted by Gasteiger charge is -2.04. The Kier molecular flexibility index (Phi) is 1.86. The van der Waals surface area contributed by atoms with Crippen LogP contribution in [0, 0.1) is 0 Å². The number of rotatable bonds is 1. The molecule has 1 aromatic carbocycles. The number of nitrogens with two attached hydrogens (primary N) is 1. The highest BCUT2D eigenvalue weighted by Gasteiger charge is 2.09. The van der Waals surface area contributed by atoms with Crippen molar-refractivity contribution < 1.29 is 0 Å². The molecule has 0 radical (unpaired) electrons. The van der Waals surface area contributed by atoms with Gasteiger partial charge < -0.3 is 5.73 Å². The number of para-hydroxylation sites is 1. The number of hydrogen-bond donors (Lipinski definition) is 1. The Balaban J connectivity index is 2.35. The van der Waals surface area contributed by atoms with Gasteiger partial charge in [0.1, 0.15) is 5.52 Å². The average molecular weight is 210 g/mol. The quantitative estimate of drug-likeness (QED) is 0.668. The van der Waals surface area contributed by atoms with Gasteiger partial charge in [0, 0.05) is 6.20 Å². The second-order valence-electron chi connectivity index (χ2n) is 3.49. The minimum atomic E-state index is 0.458. The molecule has 4 heteroatoms. The molecule has 0 saturated carbocycles. The second kappa shape index (κ2) is 3.34. The fraction of sp³-hybridized carbons (Fsp3) is 0. The maximum Gasteiger partial charge on any atom is 0.207 e. The molecule has 2 aromatic heterocycles. The smallest absolute Gasteiger partial charge is 0.207 e. The largest absolute Gasteiger partial charge is 0.369 e. The molecule has 0 aliphatic heterocycles. The van der Waals surface area contributed by atoms with Gasteiger partial charge in [0.25, 0.3) is 0 Å². The third kappa shape index (κ3) is 1.24. The van der Waals surface area contributed by atoms with E-state index in [9.17, 15) is 0 Å². The van der Waals surface area contributed by atoms with E-state index in [0.717, 1.165) is 16.9 Å². The molecule has 0 spiro atoms. The summed E-state index contributed by atoms with van der Waals surface area (Å²) in [5.41, 5.74) is 8.46. The molecule has 0 aliphatic carbocycles. The van der Waals surface area contributed by atoms with E-state index in [2.05, 4.69) is 9.97 Å². The van der Waals surface area contributed by atoms with E-state index in [4.69, 9.17) is 5.73 Å². The Labute approximate surface area is 92.4 Å². The van der Waals surface area contributed by atoms with E-state index in [1.807, 2.05) is 47.0 Å². The van der Waals surface area contributed by atoms with Crippen LogP contribution in [0.1, 0.15) is 0 Å². The molecule has 4 nitrogen and oxygen atoms in total. The van der Waals surface area contributed by atoms with Gasteiger partial charge in [0.2, 0.25) is 5.95 Å². The van der Waals surface area contributed by atoms with E-state index in [1.54, 1.807) is 6.20 Å². The van der Waals surface area contributed by atoms with Crippen LogP contribution in [0.15, 0.2) is 48.7 Å². The summed E-state index contributed by atoms with van der Waals surface area (Å²) in [6.07, 6.45) is 1.74. The van der Waals surface area contributed by atoms with Crippen molar-refractivity contribution in [1.29, 1.82) is 0 Å². The highest BCUT2D eigenvalue weighted by molar-refractivity contribution is 5.76. The molecular weight excluding hydrogens is 200 g/mol. The zero-order valence-corrected chi connectivity index (χ0v) is 8.54. The summed E-state index contributed by atoms with van der Waals surface area (Å²) in [7, 11) is 0. The third-order valence-electron chi connectivity index (χ3n) is 2.46. The molecule has 3 aromatic rings. The first kappa shape index (κ1) is 8.91. The molecule has 78 valence electrons. The highest BCUT2D eigenvalue weighted by Crippen LogP contribution is 2.20. The molecular formula is C12H10N4. The number of fused-ring (bicyclic) bond motifs is 1. The Morgan fingerprint density at radius 1 is 1.00 bits per heavy atom. The van der Waals surface area contributed by atoms with Crippen LogP contribution in [0.25, 0.3) is 16.9 Å². The van der Waals surface area contributed by atoms with Gasteiger partial charge in [0.05, 0.1) is 5.69 Å². The molecule has 0 atom stereocenters. The summed E-state index contributed by atoms with van der Waals surface area (Å²) < 4.78 is 1.84. The lowest BCUT2D eigenvalue weighted by molar-refractivity contribution is 1.08. The maximum atomic E-state index is 5.90. The van der Waals surface area contributed by atoms with Gasteiger partial charge >= 0.3 is 0 Å². The molecule has 0 aliphatic rings. The molecule has 2 N–H and O–H groups in total. The molecule has 3 rings (SSSR count). The minimum Gasteiger partial charge on any atom is -0.369 e. The molecule has 0 fully saturated rings. The van der Waals surface area contributed by atoms with E-state index >= 15 is 0 Å². The van der Waals surface area contributed by atoms with Crippen molar-refractivity contribution in [2.24, 2.45) is 0 Å². The third-order valence-corrected chi connectivity index (χ3v) is 2.46. The Morgan fingerprint density at radius 3 is 2.62 bits per heavy atom. The zero-order valence-electron chi connectivity index (χ0n) is 8.54. The Hall–Kier alpha value is -2.36.